The largest absolute Gasteiger partial charge is 0.378 e. The molecule has 1 aliphatic carbocycles. The lowest BCUT2D eigenvalue weighted by atomic mass is 9.80. The van der Waals surface area contributed by atoms with Gasteiger partial charge in [-0.3, -0.25) is 9.63 Å². The molecule has 0 unspecified atom stereocenters. The smallest absolute Gasteiger partial charge is 0.246 e. The molecule has 0 aromatic rings. The van der Waals surface area contributed by atoms with Gasteiger partial charge >= 0.3 is 0 Å². The summed E-state index contributed by atoms with van der Waals surface area (Å²) < 4.78 is 5.46. The summed E-state index contributed by atoms with van der Waals surface area (Å²) in [7, 11) is 0. The zero-order chi connectivity index (χ0) is 10.7. The van der Waals surface area contributed by atoms with Crippen molar-refractivity contribution >= 4 is 5.91 Å². The summed E-state index contributed by atoms with van der Waals surface area (Å²) in [5.41, 5.74) is 0. The Kier molecular flexibility index (Phi) is 3.59. The first-order valence-electron chi connectivity index (χ1n) is 5.84. The van der Waals surface area contributed by atoms with Gasteiger partial charge in [-0.25, -0.2) is 5.06 Å². The molecule has 0 radical (unpaired) electrons. The number of hydrogen-bond donors (Lipinski definition) is 0. The van der Waals surface area contributed by atoms with Gasteiger partial charge < -0.3 is 4.74 Å². The number of carbonyl (C=O) groups is 1. The van der Waals surface area contributed by atoms with Crippen LogP contribution < -0.4 is 0 Å². The van der Waals surface area contributed by atoms with Gasteiger partial charge in [0.15, 0.2) is 0 Å². The predicted octanol–water partition coefficient (Wildman–Crippen LogP) is 1.36. The van der Waals surface area contributed by atoms with Crippen molar-refractivity contribution in [2.45, 2.75) is 38.7 Å². The molecule has 2 fully saturated rings. The first-order chi connectivity index (χ1) is 7.29. The molecule has 4 nitrogen and oxygen atoms in total. The minimum atomic E-state index is 0.146. The fraction of sp³-hybridized carbons (Fsp3) is 0.909. The van der Waals surface area contributed by atoms with Crippen LogP contribution in [0, 0.1) is 5.92 Å². The maximum Gasteiger partial charge on any atom is 0.246 e. The molecule has 0 spiro atoms. The number of rotatable bonds is 4. The quantitative estimate of drug-likeness (QED) is 0.707. The van der Waals surface area contributed by atoms with E-state index in [0.717, 1.165) is 32.4 Å². The van der Waals surface area contributed by atoms with E-state index in [9.17, 15) is 4.79 Å². The molecule has 1 amide bonds. The van der Waals surface area contributed by atoms with Crippen molar-refractivity contribution in [3.8, 4) is 0 Å². The second-order valence-corrected chi connectivity index (χ2v) is 4.30. The van der Waals surface area contributed by atoms with Crippen molar-refractivity contribution in [2.75, 3.05) is 19.8 Å². The summed E-state index contributed by atoms with van der Waals surface area (Å²) in [6.07, 6.45) is 4.06. The molecule has 2 aliphatic rings. The fourth-order valence-electron chi connectivity index (χ4n) is 2.21. The molecule has 1 aliphatic heterocycles. The highest BCUT2D eigenvalue weighted by Crippen LogP contribution is 2.33. The van der Waals surface area contributed by atoms with Crippen molar-refractivity contribution in [3.63, 3.8) is 0 Å². The third-order valence-corrected chi connectivity index (χ3v) is 3.09. The molecule has 15 heavy (non-hydrogen) atoms. The molecule has 1 saturated heterocycles. The maximum atomic E-state index is 11.7. The van der Waals surface area contributed by atoms with Crippen LogP contribution in [-0.4, -0.2) is 36.8 Å². The SMILES string of the molecule is CCOC1CC(CC(=O)N2CCCO2)C1. The Morgan fingerprint density at radius 1 is 1.53 bits per heavy atom. The van der Waals surface area contributed by atoms with Crippen LogP contribution in [0.1, 0.15) is 32.6 Å². The average Bonchev–Trinajstić information content (AvgIpc) is 2.67. The lowest BCUT2D eigenvalue weighted by molar-refractivity contribution is -0.171. The average molecular weight is 213 g/mol. The van der Waals surface area contributed by atoms with Crippen molar-refractivity contribution in [1.82, 2.24) is 5.06 Å². The van der Waals surface area contributed by atoms with Gasteiger partial charge in [0.25, 0.3) is 0 Å². The molecule has 86 valence electrons. The van der Waals surface area contributed by atoms with Crippen molar-refractivity contribution < 1.29 is 14.4 Å². The van der Waals surface area contributed by atoms with Gasteiger partial charge in [0.2, 0.25) is 5.91 Å². The second-order valence-electron chi connectivity index (χ2n) is 4.30. The number of ether oxygens (including phenoxy) is 1. The highest BCUT2D eigenvalue weighted by Gasteiger charge is 2.33. The van der Waals surface area contributed by atoms with Crippen molar-refractivity contribution in [3.05, 3.63) is 0 Å². The van der Waals surface area contributed by atoms with E-state index in [-0.39, 0.29) is 5.91 Å². The molecule has 1 heterocycles. The monoisotopic (exact) mass is 213 g/mol. The van der Waals surface area contributed by atoms with E-state index >= 15 is 0 Å². The number of hydroxylamine groups is 2. The van der Waals surface area contributed by atoms with Crippen LogP contribution in [0.15, 0.2) is 0 Å². The Labute approximate surface area is 90.5 Å². The van der Waals surface area contributed by atoms with E-state index in [0.29, 0.717) is 25.0 Å². The Balaban J connectivity index is 1.64. The first kappa shape index (κ1) is 10.9. The Hall–Kier alpha value is -0.610. The van der Waals surface area contributed by atoms with E-state index < -0.39 is 0 Å². The molecule has 2 rings (SSSR count). The summed E-state index contributed by atoms with van der Waals surface area (Å²) in [6, 6.07) is 0. The Morgan fingerprint density at radius 3 is 2.93 bits per heavy atom. The van der Waals surface area contributed by atoms with Gasteiger partial charge in [0.05, 0.1) is 19.3 Å². The highest BCUT2D eigenvalue weighted by atomic mass is 16.7. The van der Waals surface area contributed by atoms with Gasteiger partial charge in [-0.05, 0) is 32.1 Å². The summed E-state index contributed by atoms with van der Waals surface area (Å²) >= 11 is 0. The van der Waals surface area contributed by atoms with Gasteiger partial charge in [-0.15, -0.1) is 0 Å². The summed E-state index contributed by atoms with van der Waals surface area (Å²) in [5.74, 6) is 0.658. The predicted molar refractivity (Wildman–Crippen MR) is 55.0 cm³/mol. The van der Waals surface area contributed by atoms with Crippen LogP contribution in [0.25, 0.3) is 0 Å². The van der Waals surface area contributed by atoms with Crippen LogP contribution in [0.3, 0.4) is 0 Å². The minimum Gasteiger partial charge on any atom is -0.378 e. The molecule has 0 aromatic heterocycles. The summed E-state index contributed by atoms with van der Waals surface area (Å²) in [6.45, 7) is 4.25. The van der Waals surface area contributed by atoms with Crippen LogP contribution >= 0.6 is 0 Å². The van der Waals surface area contributed by atoms with Crippen LogP contribution in [0.2, 0.25) is 0 Å². The van der Waals surface area contributed by atoms with Crippen molar-refractivity contribution in [2.24, 2.45) is 5.92 Å². The normalized spacial score (nSPS) is 30.3. The zero-order valence-corrected chi connectivity index (χ0v) is 9.28. The second kappa shape index (κ2) is 4.94. The standard InChI is InChI=1S/C11H19NO3/c1-2-14-10-6-9(7-10)8-11(13)12-4-3-5-15-12/h9-10H,2-8H2,1H3. The highest BCUT2D eigenvalue weighted by molar-refractivity contribution is 5.75. The Bertz CT molecular complexity index is 220. The number of hydrogen-bond acceptors (Lipinski definition) is 3. The van der Waals surface area contributed by atoms with Gasteiger partial charge in [0, 0.05) is 13.0 Å². The van der Waals surface area contributed by atoms with Gasteiger partial charge in [-0.2, -0.15) is 0 Å². The lowest BCUT2D eigenvalue weighted by Gasteiger charge is -2.35. The molecule has 0 N–H and O–H groups in total. The van der Waals surface area contributed by atoms with E-state index in [1.807, 2.05) is 6.92 Å². The van der Waals surface area contributed by atoms with Crippen LogP contribution in [0.5, 0.6) is 0 Å². The third kappa shape index (κ3) is 2.69. The number of nitrogens with zero attached hydrogens (tertiary/aromatic N) is 1. The van der Waals surface area contributed by atoms with E-state index in [1.165, 1.54) is 5.06 Å². The topological polar surface area (TPSA) is 38.8 Å². The van der Waals surface area contributed by atoms with E-state index in [2.05, 4.69) is 0 Å². The minimum absolute atomic E-state index is 0.146. The molecule has 1 saturated carbocycles. The van der Waals surface area contributed by atoms with Gasteiger partial charge in [0.1, 0.15) is 0 Å². The first-order valence-corrected chi connectivity index (χ1v) is 5.84. The lowest BCUT2D eigenvalue weighted by Crippen LogP contribution is -2.36. The third-order valence-electron chi connectivity index (χ3n) is 3.09. The number of carbonyl (C=O) groups excluding carboxylic acids is 1. The van der Waals surface area contributed by atoms with Crippen LogP contribution in [0.4, 0.5) is 0 Å². The summed E-state index contributed by atoms with van der Waals surface area (Å²) in [4.78, 5) is 16.9. The van der Waals surface area contributed by atoms with E-state index in [1.54, 1.807) is 0 Å². The molecule has 0 bridgehead atoms. The van der Waals surface area contributed by atoms with Gasteiger partial charge in [-0.1, -0.05) is 0 Å². The number of amides is 1. The zero-order valence-electron chi connectivity index (χ0n) is 9.28. The van der Waals surface area contributed by atoms with E-state index in [4.69, 9.17) is 9.57 Å². The Morgan fingerprint density at radius 2 is 2.33 bits per heavy atom. The molecule has 0 atom stereocenters. The molecular formula is C11H19NO3. The van der Waals surface area contributed by atoms with Crippen LogP contribution in [-0.2, 0) is 14.4 Å². The van der Waals surface area contributed by atoms with Crippen molar-refractivity contribution in [1.29, 1.82) is 0 Å². The maximum absolute atomic E-state index is 11.7. The fourth-order valence-corrected chi connectivity index (χ4v) is 2.21. The molecular weight excluding hydrogens is 194 g/mol. The summed E-state index contributed by atoms with van der Waals surface area (Å²) in [5, 5.41) is 1.52. The molecule has 0 aromatic carbocycles. The molecule has 4 heteroatoms.